The molecule has 2 heteroatoms. The summed E-state index contributed by atoms with van der Waals surface area (Å²) in [6.07, 6.45) is 2.10. The number of methoxy groups -OCH3 is 1. The molecule has 0 unspecified atom stereocenters. The van der Waals surface area contributed by atoms with Crippen molar-refractivity contribution in [3.63, 3.8) is 0 Å². The molecule has 0 bridgehead atoms. The van der Waals surface area contributed by atoms with Gasteiger partial charge in [-0.2, -0.15) is 0 Å². The average Bonchev–Trinajstić information content (AvgIpc) is 2.42. The van der Waals surface area contributed by atoms with Crippen LogP contribution in [-0.2, 0) is 0 Å². The highest BCUT2D eigenvalue weighted by Gasteiger charge is 1.91. The molecule has 0 heterocycles. The Balaban J connectivity index is 1.96. The summed E-state index contributed by atoms with van der Waals surface area (Å²) in [5, 5.41) is 2.10. The summed E-state index contributed by atoms with van der Waals surface area (Å²) in [5.74, 6) is 0.887. The predicted molar refractivity (Wildman–Crippen MR) is 79.1 cm³/mol. The van der Waals surface area contributed by atoms with Gasteiger partial charge in [0.1, 0.15) is 5.75 Å². The van der Waals surface area contributed by atoms with Crippen molar-refractivity contribution in [2.45, 2.75) is 11.8 Å². The van der Waals surface area contributed by atoms with Gasteiger partial charge in [0.15, 0.2) is 0 Å². The van der Waals surface area contributed by atoms with Crippen molar-refractivity contribution < 1.29 is 4.74 Å². The van der Waals surface area contributed by atoms with Gasteiger partial charge < -0.3 is 4.74 Å². The molecule has 0 saturated heterocycles. The maximum absolute atomic E-state index is 5.12. The highest BCUT2D eigenvalue weighted by atomic mass is 32.2. The fraction of sp³-hybridized carbons (Fsp3) is 0.125. The number of hydrogen-bond donors (Lipinski definition) is 0. The molecular weight excluding hydrogens is 240 g/mol. The van der Waals surface area contributed by atoms with Gasteiger partial charge in [0.25, 0.3) is 0 Å². The van der Waals surface area contributed by atoms with Crippen LogP contribution in [0.3, 0.4) is 0 Å². The number of hydrogen-bond acceptors (Lipinski definition) is 2. The van der Waals surface area contributed by atoms with Crippen LogP contribution >= 0.6 is 11.8 Å². The molecule has 0 fully saturated rings. The lowest BCUT2D eigenvalue weighted by molar-refractivity contribution is 0.415. The summed E-state index contributed by atoms with van der Waals surface area (Å²) in [4.78, 5) is 1.25. The summed E-state index contributed by atoms with van der Waals surface area (Å²) in [7, 11) is 1.68. The molecule has 92 valence electrons. The minimum absolute atomic E-state index is 0.887. The quantitative estimate of drug-likeness (QED) is 0.729. The van der Waals surface area contributed by atoms with Crippen molar-refractivity contribution in [1.29, 1.82) is 0 Å². The van der Waals surface area contributed by atoms with Gasteiger partial charge in [0.2, 0.25) is 0 Å². The zero-order valence-corrected chi connectivity index (χ0v) is 11.4. The SMILES string of the molecule is COc1ccc(/C=C/Sc2ccc(C)cc2)cc1. The molecule has 2 aromatic carbocycles. The lowest BCUT2D eigenvalue weighted by atomic mass is 10.2. The van der Waals surface area contributed by atoms with Crippen molar-refractivity contribution in [2.24, 2.45) is 0 Å². The molecule has 0 aromatic heterocycles. The zero-order chi connectivity index (χ0) is 12.8. The largest absolute Gasteiger partial charge is 0.497 e. The van der Waals surface area contributed by atoms with E-state index in [0.29, 0.717) is 0 Å². The normalized spacial score (nSPS) is 10.8. The molecule has 2 aromatic rings. The number of ether oxygens (including phenoxy) is 1. The van der Waals surface area contributed by atoms with Gasteiger partial charge in [-0.15, -0.1) is 0 Å². The molecule has 18 heavy (non-hydrogen) atoms. The number of benzene rings is 2. The number of rotatable bonds is 4. The fourth-order valence-electron chi connectivity index (χ4n) is 1.52. The van der Waals surface area contributed by atoms with Crippen LogP contribution in [0.5, 0.6) is 5.75 Å². The first kappa shape index (κ1) is 12.8. The van der Waals surface area contributed by atoms with E-state index in [4.69, 9.17) is 4.74 Å². The summed E-state index contributed by atoms with van der Waals surface area (Å²) in [5.41, 5.74) is 2.47. The first-order valence-corrected chi connectivity index (χ1v) is 6.70. The van der Waals surface area contributed by atoms with Crippen molar-refractivity contribution in [3.05, 3.63) is 65.1 Å². The molecule has 0 aliphatic heterocycles. The smallest absolute Gasteiger partial charge is 0.118 e. The molecule has 0 radical (unpaired) electrons. The second-order valence-electron chi connectivity index (χ2n) is 4.01. The van der Waals surface area contributed by atoms with Gasteiger partial charge in [-0.3, -0.25) is 0 Å². The Morgan fingerprint density at radius 2 is 1.61 bits per heavy atom. The van der Waals surface area contributed by atoms with E-state index in [1.165, 1.54) is 16.0 Å². The Bertz CT molecular complexity index is 512. The van der Waals surface area contributed by atoms with Crippen molar-refractivity contribution in [2.75, 3.05) is 7.11 Å². The molecule has 0 spiro atoms. The Hall–Kier alpha value is -1.67. The maximum Gasteiger partial charge on any atom is 0.118 e. The van der Waals surface area contributed by atoms with Gasteiger partial charge in [-0.1, -0.05) is 41.6 Å². The predicted octanol–water partition coefficient (Wildman–Crippen LogP) is 4.77. The molecule has 0 atom stereocenters. The Labute approximate surface area is 112 Å². The minimum Gasteiger partial charge on any atom is -0.497 e. The number of thioether (sulfide) groups is 1. The van der Waals surface area contributed by atoms with E-state index in [-0.39, 0.29) is 0 Å². The highest BCUT2D eigenvalue weighted by molar-refractivity contribution is 8.02. The minimum atomic E-state index is 0.887. The summed E-state index contributed by atoms with van der Waals surface area (Å²) >= 11 is 1.72. The molecule has 0 aliphatic rings. The lowest BCUT2D eigenvalue weighted by Crippen LogP contribution is -1.81. The van der Waals surface area contributed by atoms with Crippen LogP contribution in [0, 0.1) is 6.92 Å². The maximum atomic E-state index is 5.12. The van der Waals surface area contributed by atoms with Crippen molar-refractivity contribution in [3.8, 4) is 5.75 Å². The second-order valence-corrected chi connectivity index (χ2v) is 4.99. The molecule has 0 N–H and O–H groups in total. The average molecular weight is 256 g/mol. The van der Waals surface area contributed by atoms with E-state index in [0.717, 1.165) is 5.75 Å². The van der Waals surface area contributed by atoms with E-state index in [1.54, 1.807) is 18.9 Å². The van der Waals surface area contributed by atoms with Crippen LogP contribution < -0.4 is 4.74 Å². The third-order valence-corrected chi connectivity index (χ3v) is 3.42. The molecule has 0 amide bonds. The molecule has 2 rings (SSSR count). The topological polar surface area (TPSA) is 9.23 Å². The van der Waals surface area contributed by atoms with Crippen LogP contribution in [-0.4, -0.2) is 7.11 Å². The summed E-state index contributed by atoms with van der Waals surface area (Å²) < 4.78 is 5.12. The third kappa shape index (κ3) is 3.67. The Morgan fingerprint density at radius 1 is 0.944 bits per heavy atom. The fourth-order valence-corrected chi connectivity index (χ4v) is 2.20. The van der Waals surface area contributed by atoms with Crippen LogP contribution in [0.4, 0.5) is 0 Å². The monoisotopic (exact) mass is 256 g/mol. The first-order chi connectivity index (χ1) is 8.78. The van der Waals surface area contributed by atoms with Crippen molar-refractivity contribution in [1.82, 2.24) is 0 Å². The number of aryl methyl sites for hydroxylation is 1. The Morgan fingerprint density at radius 3 is 2.22 bits per heavy atom. The van der Waals surface area contributed by atoms with Gasteiger partial charge >= 0.3 is 0 Å². The van der Waals surface area contributed by atoms with Gasteiger partial charge in [-0.25, -0.2) is 0 Å². The standard InChI is InChI=1S/C16H16OS/c1-13-3-9-16(10-4-13)18-12-11-14-5-7-15(17-2)8-6-14/h3-12H,1-2H3/b12-11+. The van der Waals surface area contributed by atoms with Gasteiger partial charge in [0.05, 0.1) is 7.11 Å². The van der Waals surface area contributed by atoms with Crippen LogP contribution in [0.25, 0.3) is 6.08 Å². The summed E-state index contributed by atoms with van der Waals surface area (Å²) in [6.45, 7) is 2.10. The third-order valence-electron chi connectivity index (χ3n) is 2.60. The molecular formula is C16H16OS. The van der Waals surface area contributed by atoms with Crippen molar-refractivity contribution >= 4 is 17.8 Å². The van der Waals surface area contributed by atoms with E-state index >= 15 is 0 Å². The van der Waals surface area contributed by atoms with E-state index in [1.807, 2.05) is 24.3 Å². The molecule has 0 saturated carbocycles. The Kier molecular flexibility index (Phi) is 4.48. The van der Waals surface area contributed by atoms with Gasteiger partial charge in [-0.05, 0) is 48.2 Å². The molecule has 1 nitrogen and oxygen atoms in total. The van der Waals surface area contributed by atoms with Crippen LogP contribution in [0.1, 0.15) is 11.1 Å². The second kappa shape index (κ2) is 6.31. The van der Waals surface area contributed by atoms with Crippen LogP contribution in [0.15, 0.2) is 58.8 Å². The first-order valence-electron chi connectivity index (χ1n) is 5.82. The van der Waals surface area contributed by atoms with Crippen LogP contribution in [0.2, 0.25) is 0 Å². The van der Waals surface area contributed by atoms with E-state index in [2.05, 4.69) is 42.7 Å². The lowest BCUT2D eigenvalue weighted by Gasteiger charge is -1.99. The highest BCUT2D eigenvalue weighted by Crippen LogP contribution is 2.21. The van der Waals surface area contributed by atoms with E-state index in [9.17, 15) is 0 Å². The zero-order valence-electron chi connectivity index (χ0n) is 10.6. The summed E-state index contributed by atoms with van der Waals surface area (Å²) in [6, 6.07) is 16.6. The molecule has 0 aliphatic carbocycles. The van der Waals surface area contributed by atoms with Gasteiger partial charge in [0, 0.05) is 4.90 Å². The van der Waals surface area contributed by atoms with E-state index < -0.39 is 0 Å².